The standard InChI is InChI=1S/C17H24BrFN4O/c1-3-16(24)23-8-7-13(11-23)22-17(20-4-2)21-10-12-5-6-14(18)15(19)9-12/h5-6,9,13H,3-4,7-8,10-11H2,1-2H3,(H2,20,21,22). The van der Waals surface area contributed by atoms with Crippen molar-refractivity contribution in [2.24, 2.45) is 4.99 Å². The number of nitrogens with zero attached hydrogens (tertiary/aromatic N) is 2. The zero-order valence-electron chi connectivity index (χ0n) is 14.1. The second kappa shape index (κ2) is 9.01. The van der Waals surface area contributed by atoms with Crippen molar-refractivity contribution in [2.75, 3.05) is 19.6 Å². The van der Waals surface area contributed by atoms with E-state index in [1.165, 1.54) is 6.07 Å². The summed E-state index contributed by atoms with van der Waals surface area (Å²) < 4.78 is 14.0. The van der Waals surface area contributed by atoms with Crippen molar-refractivity contribution in [2.45, 2.75) is 39.3 Å². The minimum Gasteiger partial charge on any atom is -0.357 e. The summed E-state index contributed by atoms with van der Waals surface area (Å²) in [7, 11) is 0. The van der Waals surface area contributed by atoms with E-state index in [1.807, 2.05) is 24.8 Å². The lowest BCUT2D eigenvalue weighted by Crippen LogP contribution is -2.45. The molecule has 0 aromatic heterocycles. The number of benzene rings is 1. The van der Waals surface area contributed by atoms with Crippen LogP contribution in [-0.4, -0.2) is 42.4 Å². The number of amides is 1. The largest absolute Gasteiger partial charge is 0.357 e. The Hall–Kier alpha value is -1.63. The van der Waals surface area contributed by atoms with E-state index in [-0.39, 0.29) is 17.8 Å². The number of rotatable bonds is 5. The molecule has 24 heavy (non-hydrogen) atoms. The Balaban J connectivity index is 1.96. The fourth-order valence-electron chi connectivity index (χ4n) is 2.65. The molecule has 0 spiro atoms. The van der Waals surface area contributed by atoms with E-state index >= 15 is 0 Å². The molecule has 1 amide bonds. The zero-order chi connectivity index (χ0) is 17.5. The van der Waals surface area contributed by atoms with Crippen LogP contribution in [0, 0.1) is 5.82 Å². The average molecular weight is 399 g/mol. The maximum atomic E-state index is 13.6. The van der Waals surface area contributed by atoms with Gasteiger partial charge in [-0.3, -0.25) is 4.79 Å². The molecule has 1 aromatic rings. The van der Waals surface area contributed by atoms with Crippen molar-refractivity contribution in [3.63, 3.8) is 0 Å². The van der Waals surface area contributed by atoms with E-state index in [1.54, 1.807) is 6.07 Å². The molecule has 1 saturated heterocycles. The molecular formula is C17H24BrFN4O. The Kier molecular flexibility index (Phi) is 7.02. The van der Waals surface area contributed by atoms with Crippen LogP contribution in [0.25, 0.3) is 0 Å². The fourth-order valence-corrected chi connectivity index (χ4v) is 2.90. The Morgan fingerprint density at radius 2 is 2.25 bits per heavy atom. The number of likely N-dealkylation sites (tertiary alicyclic amines) is 1. The monoisotopic (exact) mass is 398 g/mol. The maximum absolute atomic E-state index is 13.6. The highest BCUT2D eigenvalue weighted by Crippen LogP contribution is 2.17. The molecular weight excluding hydrogens is 375 g/mol. The summed E-state index contributed by atoms with van der Waals surface area (Å²) in [6.45, 7) is 6.49. The summed E-state index contributed by atoms with van der Waals surface area (Å²) in [6, 6.07) is 5.21. The third-order valence-corrected chi connectivity index (χ3v) is 4.58. The minimum absolute atomic E-state index is 0.187. The van der Waals surface area contributed by atoms with Gasteiger partial charge in [0.15, 0.2) is 5.96 Å². The Labute approximate surface area is 150 Å². The van der Waals surface area contributed by atoms with Crippen LogP contribution in [0.2, 0.25) is 0 Å². The van der Waals surface area contributed by atoms with Crippen LogP contribution in [-0.2, 0) is 11.3 Å². The van der Waals surface area contributed by atoms with Gasteiger partial charge in [0.05, 0.1) is 11.0 Å². The van der Waals surface area contributed by atoms with Crippen LogP contribution >= 0.6 is 15.9 Å². The van der Waals surface area contributed by atoms with Gasteiger partial charge in [0.1, 0.15) is 5.82 Å². The summed E-state index contributed by atoms with van der Waals surface area (Å²) >= 11 is 3.15. The van der Waals surface area contributed by atoms with Crippen molar-refractivity contribution < 1.29 is 9.18 Å². The fraction of sp³-hybridized carbons (Fsp3) is 0.529. The smallest absolute Gasteiger partial charge is 0.222 e. The number of hydrogen-bond acceptors (Lipinski definition) is 2. The second-order valence-electron chi connectivity index (χ2n) is 5.77. The van der Waals surface area contributed by atoms with E-state index in [2.05, 4.69) is 31.6 Å². The Bertz CT molecular complexity index is 608. The van der Waals surface area contributed by atoms with Gasteiger partial charge in [-0.05, 0) is 47.0 Å². The number of aliphatic imine (C=N–C) groups is 1. The molecule has 0 aliphatic carbocycles. The van der Waals surface area contributed by atoms with Crippen LogP contribution in [0.3, 0.4) is 0 Å². The average Bonchev–Trinajstić information content (AvgIpc) is 3.03. The van der Waals surface area contributed by atoms with Crippen LogP contribution in [0.1, 0.15) is 32.3 Å². The summed E-state index contributed by atoms with van der Waals surface area (Å²) in [5, 5.41) is 6.56. The van der Waals surface area contributed by atoms with E-state index in [0.717, 1.165) is 25.1 Å². The van der Waals surface area contributed by atoms with E-state index in [0.29, 0.717) is 29.9 Å². The lowest BCUT2D eigenvalue weighted by atomic mass is 10.2. The second-order valence-corrected chi connectivity index (χ2v) is 6.62. The summed E-state index contributed by atoms with van der Waals surface area (Å²) in [6.07, 6.45) is 1.44. The van der Waals surface area contributed by atoms with Gasteiger partial charge in [-0.25, -0.2) is 9.38 Å². The molecule has 0 saturated carbocycles. The van der Waals surface area contributed by atoms with Gasteiger partial charge in [-0.1, -0.05) is 13.0 Å². The molecule has 1 aliphatic heterocycles. The van der Waals surface area contributed by atoms with Gasteiger partial charge in [-0.2, -0.15) is 0 Å². The number of guanidine groups is 1. The molecule has 1 aromatic carbocycles. The minimum atomic E-state index is -0.287. The molecule has 1 fully saturated rings. The quantitative estimate of drug-likeness (QED) is 0.591. The molecule has 1 atom stereocenters. The molecule has 132 valence electrons. The topological polar surface area (TPSA) is 56.7 Å². The highest BCUT2D eigenvalue weighted by Gasteiger charge is 2.25. The third-order valence-electron chi connectivity index (χ3n) is 3.93. The summed E-state index contributed by atoms with van der Waals surface area (Å²) in [5.74, 6) is 0.591. The van der Waals surface area contributed by atoms with E-state index in [4.69, 9.17) is 0 Å². The number of carbonyl (C=O) groups is 1. The van der Waals surface area contributed by atoms with E-state index in [9.17, 15) is 9.18 Å². The third kappa shape index (κ3) is 5.19. The van der Waals surface area contributed by atoms with Gasteiger partial charge in [0, 0.05) is 32.1 Å². The van der Waals surface area contributed by atoms with Crippen molar-refractivity contribution in [1.82, 2.24) is 15.5 Å². The van der Waals surface area contributed by atoms with Crippen molar-refractivity contribution in [3.8, 4) is 0 Å². The first-order valence-corrected chi connectivity index (χ1v) is 9.09. The lowest BCUT2D eigenvalue weighted by Gasteiger charge is -2.18. The predicted molar refractivity (Wildman–Crippen MR) is 97.3 cm³/mol. The zero-order valence-corrected chi connectivity index (χ0v) is 15.7. The SMILES string of the molecule is CCNC(=NCc1ccc(Br)c(F)c1)NC1CCN(C(=O)CC)C1. The lowest BCUT2D eigenvalue weighted by molar-refractivity contribution is -0.129. The molecule has 1 aliphatic rings. The molecule has 1 heterocycles. The predicted octanol–water partition coefficient (Wildman–Crippen LogP) is 2.65. The first-order valence-electron chi connectivity index (χ1n) is 8.30. The molecule has 7 heteroatoms. The molecule has 0 radical (unpaired) electrons. The van der Waals surface area contributed by atoms with Gasteiger partial charge in [0.25, 0.3) is 0 Å². The number of halogens is 2. The molecule has 1 unspecified atom stereocenters. The van der Waals surface area contributed by atoms with Gasteiger partial charge >= 0.3 is 0 Å². The van der Waals surface area contributed by atoms with Gasteiger partial charge in [-0.15, -0.1) is 0 Å². The summed E-state index contributed by atoms with van der Waals surface area (Å²) in [4.78, 5) is 18.2. The highest BCUT2D eigenvalue weighted by molar-refractivity contribution is 9.10. The Morgan fingerprint density at radius 3 is 2.92 bits per heavy atom. The van der Waals surface area contributed by atoms with Crippen LogP contribution in [0.15, 0.2) is 27.7 Å². The summed E-state index contributed by atoms with van der Waals surface area (Å²) in [5.41, 5.74) is 0.808. The van der Waals surface area contributed by atoms with E-state index < -0.39 is 0 Å². The van der Waals surface area contributed by atoms with Crippen molar-refractivity contribution >= 4 is 27.8 Å². The number of nitrogens with one attached hydrogen (secondary N) is 2. The van der Waals surface area contributed by atoms with Crippen LogP contribution in [0.4, 0.5) is 4.39 Å². The number of hydrogen-bond donors (Lipinski definition) is 2. The van der Waals surface area contributed by atoms with Gasteiger partial charge in [0.2, 0.25) is 5.91 Å². The highest BCUT2D eigenvalue weighted by atomic mass is 79.9. The van der Waals surface area contributed by atoms with Crippen molar-refractivity contribution in [3.05, 3.63) is 34.1 Å². The first kappa shape index (κ1) is 18.7. The Morgan fingerprint density at radius 1 is 1.46 bits per heavy atom. The van der Waals surface area contributed by atoms with Crippen LogP contribution in [0.5, 0.6) is 0 Å². The molecule has 2 N–H and O–H groups in total. The maximum Gasteiger partial charge on any atom is 0.222 e. The van der Waals surface area contributed by atoms with Crippen molar-refractivity contribution in [1.29, 1.82) is 0 Å². The molecule has 0 bridgehead atoms. The van der Waals surface area contributed by atoms with Crippen LogP contribution < -0.4 is 10.6 Å². The normalized spacial score (nSPS) is 17.9. The number of carbonyl (C=O) groups excluding carboxylic acids is 1. The van der Waals surface area contributed by atoms with Gasteiger partial charge < -0.3 is 15.5 Å². The molecule has 5 nitrogen and oxygen atoms in total. The molecule has 2 rings (SSSR count). The first-order chi connectivity index (χ1) is 11.5.